The molecule has 4 rings (SSSR count). The van der Waals surface area contributed by atoms with Gasteiger partial charge in [0.15, 0.2) is 5.78 Å². The number of carbonyl (C=O) groups is 2. The molecule has 0 atom stereocenters. The molecule has 0 N–H and O–H groups in total. The van der Waals surface area contributed by atoms with Crippen LogP contribution < -0.4 is 0 Å². The van der Waals surface area contributed by atoms with Crippen molar-refractivity contribution in [2.75, 3.05) is 0 Å². The number of halogens is 1. The average molecular weight is 375 g/mol. The molecular weight excluding hydrogens is 360 g/mol. The van der Waals surface area contributed by atoms with Crippen molar-refractivity contribution in [1.29, 1.82) is 0 Å². The number of benzene rings is 2. The Morgan fingerprint density at radius 2 is 1.74 bits per heavy atom. The summed E-state index contributed by atoms with van der Waals surface area (Å²) in [5.41, 5.74) is 4.85. The lowest BCUT2D eigenvalue weighted by Gasteiger charge is -2.14. The number of hydrogen-bond donors (Lipinski definition) is 0. The minimum absolute atomic E-state index is 0.152. The Balaban J connectivity index is 1.63. The molecule has 0 radical (unpaired) electrons. The highest BCUT2D eigenvalue weighted by atomic mass is 35.5. The number of aryl methyl sites for hydroxylation is 1. The molecule has 0 fully saturated rings. The van der Waals surface area contributed by atoms with Gasteiger partial charge in [-0.25, -0.2) is 9.97 Å². The predicted octanol–water partition coefficient (Wildman–Crippen LogP) is 4.65. The van der Waals surface area contributed by atoms with Gasteiger partial charge in [0, 0.05) is 23.2 Å². The van der Waals surface area contributed by atoms with Gasteiger partial charge in [0.05, 0.1) is 5.56 Å². The van der Waals surface area contributed by atoms with E-state index >= 15 is 0 Å². The van der Waals surface area contributed by atoms with E-state index in [0.717, 1.165) is 16.7 Å². The van der Waals surface area contributed by atoms with E-state index in [1.54, 1.807) is 0 Å². The fraction of sp³-hybridized carbons (Fsp3) is 0.0909. The Bertz CT molecular complexity index is 1100. The van der Waals surface area contributed by atoms with Crippen LogP contribution in [0.1, 0.15) is 32.0 Å². The average Bonchev–Trinajstić information content (AvgIpc) is 2.68. The molecule has 1 aliphatic rings. The Labute approximate surface area is 161 Å². The first-order valence-electron chi connectivity index (χ1n) is 8.48. The molecule has 1 aliphatic carbocycles. The zero-order valence-corrected chi connectivity index (χ0v) is 15.3. The second kappa shape index (κ2) is 6.89. The Morgan fingerprint density at radius 3 is 2.48 bits per heavy atom. The molecule has 0 amide bonds. The van der Waals surface area contributed by atoms with Crippen molar-refractivity contribution in [3.8, 4) is 11.1 Å². The molecule has 0 spiro atoms. The van der Waals surface area contributed by atoms with Gasteiger partial charge in [0.2, 0.25) is 5.78 Å². The van der Waals surface area contributed by atoms with Crippen LogP contribution in [0.5, 0.6) is 0 Å². The highest BCUT2D eigenvalue weighted by Crippen LogP contribution is 2.29. The van der Waals surface area contributed by atoms with Gasteiger partial charge in [-0.1, -0.05) is 53.6 Å². The first-order valence-corrected chi connectivity index (χ1v) is 8.86. The minimum atomic E-state index is -0.283. The SMILES string of the molecule is Cc1ccc(-c2ccc(CC3=CC(=O)c4ncncc4C3=O)c(Cl)c2)cc1. The summed E-state index contributed by atoms with van der Waals surface area (Å²) in [6, 6.07) is 13.9. The van der Waals surface area contributed by atoms with Crippen molar-refractivity contribution in [2.45, 2.75) is 13.3 Å². The summed E-state index contributed by atoms with van der Waals surface area (Å²) in [7, 11) is 0. The van der Waals surface area contributed by atoms with E-state index in [1.807, 2.05) is 49.4 Å². The van der Waals surface area contributed by atoms with E-state index in [1.165, 1.54) is 24.2 Å². The molecule has 27 heavy (non-hydrogen) atoms. The molecule has 4 nitrogen and oxygen atoms in total. The number of aromatic nitrogens is 2. The number of Topliss-reactive ketones (excluding diaryl/α,β-unsaturated/α-hetero) is 1. The number of allylic oxidation sites excluding steroid dienone is 2. The monoisotopic (exact) mass is 374 g/mol. The molecule has 2 aromatic carbocycles. The van der Waals surface area contributed by atoms with E-state index < -0.39 is 0 Å². The lowest BCUT2D eigenvalue weighted by atomic mass is 9.90. The van der Waals surface area contributed by atoms with Crippen molar-refractivity contribution in [3.05, 3.63) is 94.0 Å². The first-order chi connectivity index (χ1) is 13.0. The van der Waals surface area contributed by atoms with Gasteiger partial charge in [-0.2, -0.15) is 0 Å². The van der Waals surface area contributed by atoms with Crippen LogP contribution in [0.2, 0.25) is 5.02 Å². The molecule has 1 aromatic heterocycles. The molecular formula is C22H15ClN2O2. The van der Waals surface area contributed by atoms with Crippen molar-refractivity contribution < 1.29 is 9.59 Å². The van der Waals surface area contributed by atoms with Crippen molar-refractivity contribution in [3.63, 3.8) is 0 Å². The quantitative estimate of drug-likeness (QED) is 0.669. The maximum absolute atomic E-state index is 12.7. The van der Waals surface area contributed by atoms with E-state index in [0.29, 0.717) is 10.6 Å². The summed E-state index contributed by atoms with van der Waals surface area (Å²) < 4.78 is 0. The summed E-state index contributed by atoms with van der Waals surface area (Å²) in [5, 5.41) is 0.560. The summed E-state index contributed by atoms with van der Waals surface area (Å²) in [6.07, 6.45) is 4.29. The fourth-order valence-electron chi connectivity index (χ4n) is 3.11. The summed E-state index contributed by atoms with van der Waals surface area (Å²) in [4.78, 5) is 32.7. The van der Waals surface area contributed by atoms with Crippen molar-refractivity contribution >= 4 is 23.2 Å². The standard InChI is InChI=1S/C22H15ClN2O2/c1-13-2-4-14(5-3-13)15-6-7-16(19(23)9-15)8-17-10-20(26)21-18(22(17)27)11-24-12-25-21/h2-7,9-12H,8H2,1H3. The van der Waals surface area contributed by atoms with E-state index in [2.05, 4.69) is 9.97 Å². The number of carbonyl (C=O) groups excluding carboxylic acids is 2. The number of hydrogen-bond acceptors (Lipinski definition) is 4. The van der Waals surface area contributed by atoms with Gasteiger partial charge in [-0.05, 0) is 35.8 Å². The molecule has 5 heteroatoms. The predicted molar refractivity (Wildman–Crippen MR) is 104 cm³/mol. The summed E-state index contributed by atoms with van der Waals surface area (Å²) >= 11 is 6.47. The Morgan fingerprint density at radius 1 is 1.00 bits per heavy atom. The van der Waals surface area contributed by atoms with Crippen LogP contribution in [0.3, 0.4) is 0 Å². The number of rotatable bonds is 3. The molecule has 0 saturated carbocycles. The first kappa shape index (κ1) is 17.3. The minimum Gasteiger partial charge on any atom is -0.289 e. The normalized spacial score (nSPS) is 13.3. The fourth-order valence-corrected chi connectivity index (χ4v) is 3.36. The second-order valence-corrected chi connectivity index (χ2v) is 6.90. The van der Waals surface area contributed by atoms with Crippen LogP contribution in [0.15, 0.2) is 66.6 Å². The highest BCUT2D eigenvalue weighted by Gasteiger charge is 2.27. The van der Waals surface area contributed by atoms with Crippen LogP contribution in [-0.4, -0.2) is 21.5 Å². The molecule has 0 aliphatic heterocycles. The summed E-state index contributed by atoms with van der Waals surface area (Å²) in [5.74, 6) is -0.515. The molecule has 0 bridgehead atoms. The van der Waals surface area contributed by atoms with Crippen molar-refractivity contribution in [1.82, 2.24) is 9.97 Å². The largest absolute Gasteiger partial charge is 0.289 e. The van der Waals surface area contributed by atoms with Gasteiger partial charge in [0.25, 0.3) is 0 Å². The lowest BCUT2D eigenvalue weighted by Crippen LogP contribution is -2.20. The highest BCUT2D eigenvalue weighted by molar-refractivity contribution is 6.32. The van der Waals surface area contributed by atoms with Gasteiger partial charge < -0.3 is 0 Å². The molecule has 0 unspecified atom stereocenters. The Hall–Kier alpha value is -3.11. The third kappa shape index (κ3) is 3.32. The Kier molecular flexibility index (Phi) is 4.42. The van der Waals surface area contributed by atoms with Crippen LogP contribution in [0.25, 0.3) is 11.1 Å². The van der Waals surface area contributed by atoms with E-state index in [4.69, 9.17) is 11.6 Å². The molecule has 1 heterocycles. The lowest BCUT2D eigenvalue weighted by molar-refractivity contribution is 0.0978. The summed E-state index contributed by atoms with van der Waals surface area (Å²) in [6.45, 7) is 2.04. The maximum Gasteiger partial charge on any atom is 0.205 e. The van der Waals surface area contributed by atoms with Crippen LogP contribution in [0.4, 0.5) is 0 Å². The number of fused-ring (bicyclic) bond motifs is 1. The van der Waals surface area contributed by atoms with E-state index in [9.17, 15) is 9.59 Å². The molecule has 132 valence electrons. The van der Waals surface area contributed by atoms with Crippen LogP contribution in [-0.2, 0) is 6.42 Å². The van der Waals surface area contributed by atoms with Gasteiger partial charge in [-0.15, -0.1) is 0 Å². The topological polar surface area (TPSA) is 59.9 Å². The van der Waals surface area contributed by atoms with Gasteiger partial charge >= 0.3 is 0 Å². The smallest absolute Gasteiger partial charge is 0.205 e. The molecule has 0 saturated heterocycles. The van der Waals surface area contributed by atoms with Crippen molar-refractivity contribution in [2.24, 2.45) is 0 Å². The van der Waals surface area contributed by atoms with Crippen LogP contribution >= 0.6 is 11.6 Å². The second-order valence-electron chi connectivity index (χ2n) is 6.50. The van der Waals surface area contributed by atoms with Crippen LogP contribution in [0, 0.1) is 6.92 Å². The molecule has 3 aromatic rings. The third-order valence-corrected chi connectivity index (χ3v) is 4.96. The maximum atomic E-state index is 12.7. The van der Waals surface area contributed by atoms with Gasteiger partial charge in [0.1, 0.15) is 12.0 Å². The number of nitrogens with zero attached hydrogens (tertiary/aromatic N) is 2. The zero-order valence-electron chi connectivity index (χ0n) is 14.6. The third-order valence-electron chi connectivity index (χ3n) is 4.61. The van der Waals surface area contributed by atoms with E-state index in [-0.39, 0.29) is 29.2 Å². The van der Waals surface area contributed by atoms with Gasteiger partial charge in [-0.3, -0.25) is 9.59 Å². The zero-order chi connectivity index (χ0) is 19.0. The number of ketones is 2.